The molecule has 2 heterocycles. The minimum absolute atomic E-state index is 0.837. The van der Waals surface area contributed by atoms with Crippen LogP contribution < -0.4 is 4.90 Å². The molecule has 28 heavy (non-hydrogen) atoms. The number of halogens is 1. The lowest BCUT2D eigenvalue weighted by atomic mass is 10.2. The predicted octanol–water partition coefficient (Wildman–Crippen LogP) is 7.02. The van der Waals surface area contributed by atoms with Gasteiger partial charge in [0.2, 0.25) is 0 Å². The summed E-state index contributed by atoms with van der Waals surface area (Å²) >= 11 is 3.52. The third kappa shape index (κ3) is 3.12. The van der Waals surface area contributed by atoms with Crippen molar-refractivity contribution in [3.8, 4) is 0 Å². The highest BCUT2D eigenvalue weighted by atomic mass is 79.9. The van der Waals surface area contributed by atoms with Crippen LogP contribution in [0.4, 0.5) is 17.3 Å². The first kappa shape index (κ1) is 16.9. The van der Waals surface area contributed by atoms with Crippen molar-refractivity contribution in [3.63, 3.8) is 0 Å². The molecule has 0 amide bonds. The number of hydrogen-bond acceptors (Lipinski definition) is 3. The number of aromatic nitrogens is 2. The fraction of sp³-hybridized carbons (Fsp3) is 0. The topological polar surface area (TPSA) is 29.0 Å². The Morgan fingerprint density at radius 2 is 1.04 bits per heavy atom. The Morgan fingerprint density at radius 3 is 1.57 bits per heavy atom. The van der Waals surface area contributed by atoms with Crippen molar-refractivity contribution in [1.29, 1.82) is 0 Å². The minimum atomic E-state index is 0.837. The molecule has 3 aromatic carbocycles. The maximum atomic E-state index is 4.91. The Hall–Kier alpha value is -3.24. The molecule has 0 N–H and O–H groups in total. The molecule has 0 bridgehead atoms. The van der Waals surface area contributed by atoms with E-state index in [0.29, 0.717) is 0 Å². The number of rotatable bonds is 3. The van der Waals surface area contributed by atoms with Gasteiger partial charge in [-0.3, -0.25) is 4.90 Å². The summed E-state index contributed by atoms with van der Waals surface area (Å²) in [7, 11) is 0. The molecule has 0 fully saturated rings. The van der Waals surface area contributed by atoms with E-state index in [1.807, 2.05) is 60.7 Å². The highest BCUT2D eigenvalue weighted by Crippen LogP contribution is 2.34. The van der Waals surface area contributed by atoms with Gasteiger partial charge < -0.3 is 0 Å². The SMILES string of the molecule is Brc1ccc(N(c2ccc3ccccc3n2)c2ccc3ccccc3n2)cc1. The zero-order chi connectivity index (χ0) is 18.9. The number of anilines is 3. The molecular weight excluding hydrogens is 410 g/mol. The highest BCUT2D eigenvalue weighted by molar-refractivity contribution is 9.10. The van der Waals surface area contributed by atoms with Crippen LogP contribution in [0.15, 0.2) is 102 Å². The van der Waals surface area contributed by atoms with Gasteiger partial charge >= 0.3 is 0 Å². The number of hydrogen-bond donors (Lipinski definition) is 0. The van der Waals surface area contributed by atoms with Gasteiger partial charge in [-0.15, -0.1) is 0 Å². The smallest absolute Gasteiger partial charge is 0.139 e. The predicted molar refractivity (Wildman–Crippen MR) is 119 cm³/mol. The molecule has 0 saturated heterocycles. The van der Waals surface area contributed by atoms with Crippen LogP contribution in [0, 0.1) is 0 Å². The summed E-state index contributed by atoms with van der Waals surface area (Å²) < 4.78 is 1.04. The van der Waals surface area contributed by atoms with Gasteiger partial charge in [0, 0.05) is 20.9 Å². The molecule has 0 radical (unpaired) electrons. The summed E-state index contributed by atoms with van der Waals surface area (Å²) in [6, 6.07) is 32.8. The number of para-hydroxylation sites is 2. The zero-order valence-electron chi connectivity index (χ0n) is 15.0. The van der Waals surface area contributed by atoms with Crippen molar-refractivity contribution in [1.82, 2.24) is 9.97 Å². The molecule has 0 saturated carbocycles. The first-order valence-corrected chi connectivity index (χ1v) is 9.84. The van der Waals surface area contributed by atoms with Gasteiger partial charge in [0.25, 0.3) is 0 Å². The Balaban J connectivity index is 1.72. The second kappa shape index (κ2) is 7.06. The van der Waals surface area contributed by atoms with Gasteiger partial charge in [-0.25, -0.2) is 9.97 Å². The normalized spacial score (nSPS) is 11.0. The van der Waals surface area contributed by atoms with E-state index in [9.17, 15) is 0 Å². The van der Waals surface area contributed by atoms with E-state index in [1.165, 1.54) is 0 Å². The van der Waals surface area contributed by atoms with Crippen LogP contribution >= 0.6 is 15.9 Å². The number of nitrogens with zero attached hydrogens (tertiary/aromatic N) is 3. The molecular formula is C24H16BrN3. The van der Waals surface area contributed by atoms with E-state index < -0.39 is 0 Å². The first-order valence-electron chi connectivity index (χ1n) is 9.05. The van der Waals surface area contributed by atoms with Crippen LogP contribution in [0.2, 0.25) is 0 Å². The molecule has 4 heteroatoms. The second-order valence-corrected chi connectivity index (χ2v) is 7.45. The van der Waals surface area contributed by atoms with Crippen LogP contribution in [0.5, 0.6) is 0 Å². The van der Waals surface area contributed by atoms with Crippen molar-refractivity contribution in [2.75, 3.05) is 4.90 Å². The number of benzene rings is 3. The van der Waals surface area contributed by atoms with E-state index in [1.54, 1.807) is 0 Å². The molecule has 3 nitrogen and oxygen atoms in total. The van der Waals surface area contributed by atoms with Gasteiger partial charge in [0.05, 0.1) is 11.0 Å². The third-order valence-corrected chi connectivity index (χ3v) is 5.24. The Bertz CT molecular complexity index is 1200. The van der Waals surface area contributed by atoms with Gasteiger partial charge in [-0.2, -0.15) is 0 Å². The van der Waals surface area contributed by atoms with Gasteiger partial charge in [0.15, 0.2) is 0 Å². The summed E-state index contributed by atoms with van der Waals surface area (Å²) in [4.78, 5) is 11.9. The lowest BCUT2D eigenvalue weighted by Crippen LogP contribution is -2.13. The van der Waals surface area contributed by atoms with Crippen LogP contribution in [0.1, 0.15) is 0 Å². The summed E-state index contributed by atoms with van der Waals surface area (Å²) in [5.41, 5.74) is 2.93. The lowest BCUT2D eigenvalue weighted by molar-refractivity contribution is 1.16. The summed E-state index contributed by atoms with van der Waals surface area (Å²) in [6.07, 6.45) is 0. The molecule has 0 unspecified atom stereocenters. The van der Waals surface area contributed by atoms with Gasteiger partial charge in [-0.05, 0) is 60.7 Å². The molecule has 0 aliphatic heterocycles. The monoisotopic (exact) mass is 425 g/mol. The highest BCUT2D eigenvalue weighted by Gasteiger charge is 2.16. The molecule has 5 aromatic rings. The fourth-order valence-electron chi connectivity index (χ4n) is 3.33. The van der Waals surface area contributed by atoms with Crippen LogP contribution in [-0.2, 0) is 0 Å². The van der Waals surface area contributed by atoms with E-state index in [-0.39, 0.29) is 0 Å². The zero-order valence-corrected chi connectivity index (χ0v) is 16.5. The molecule has 2 aromatic heterocycles. The van der Waals surface area contributed by atoms with Crippen molar-refractivity contribution in [2.45, 2.75) is 0 Å². The Morgan fingerprint density at radius 1 is 0.536 bits per heavy atom. The molecule has 5 rings (SSSR count). The van der Waals surface area contributed by atoms with E-state index in [4.69, 9.17) is 9.97 Å². The molecule has 0 aliphatic carbocycles. The maximum absolute atomic E-state index is 4.91. The average Bonchev–Trinajstić information content (AvgIpc) is 2.75. The van der Waals surface area contributed by atoms with Crippen molar-refractivity contribution < 1.29 is 0 Å². The molecule has 0 aliphatic rings. The van der Waals surface area contributed by atoms with Crippen LogP contribution in [0.3, 0.4) is 0 Å². The lowest BCUT2D eigenvalue weighted by Gasteiger charge is -2.23. The first-order chi connectivity index (χ1) is 13.8. The summed E-state index contributed by atoms with van der Waals surface area (Å²) in [5.74, 6) is 1.67. The maximum Gasteiger partial charge on any atom is 0.139 e. The van der Waals surface area contributed by atoms with Gasteiger partial charge in [-0.1, -0.05) is 52.3 Å². The second-order valence-electron chi connectivity index (χ2n) is 6.54. The number of pyridine rings is 2. The Labute approximate surface area is 171 Å². The minimum Gasteiger partial charge on any atom is -0.279 e. The quantitative estimate of drug-likeness (QED) is 0.311. The summed E-state index contributed by atoms with van der Waals surface area (Å²) in [6.45, 7) is 0. The summed E-state index contributed by atoms with van der Waals surface area (Å²) in [5, 5.41) is 2.24. The molecule has 134 valence electrons. The van der Waals surface area contributed by atoms with Crippen LogP contribution in [0.25, 0.3) is 21.8 Å². The average molecular weight is 426 g/mol. The largest absolute Gasteiger partial charge is 0.279 e. The standard InChI is InChI=1S/C24H16BrN3/c25-19-11-13-20(14-12-19)28(23-15-9-17-5-1-3-7-21(17)26-23)24-16-10-18-6-2-4-8-22(18)27-24/h1-16H. The third-order valence-electron chi connectivity index (χ3n) is 4.71. The van der Waals surface area contributed by atoms with E-state index in [0.717, 1.165) is 43.6 Å². The Kier molecular flexibility index (Phi) is 4.26. The molecule has 0 atom stereocenters. The fourth-order valence-corrected chi connectivity index (χ4v) is 3.60. The number of fused-ring (bicyclic) bond motifs is 2. The van der Waals surface area contributed by atoms with Crippen LogP contribution in [-0.4, -0.2) is 9.97 Å². The van der Waals surface area contributed by atoms with E-state index >= 15 is 0 Å². The van der Waals surface area contributed by atoms with Crippen molar-refractivity contribution in [3.05, 3.63) is 102 Å². The van der Waals surface area contributed by atoms with Crippen molar-refractivity contribution in [2.24, 2.45) is 0 Å². The molecule has 0 spiro atoms. The van der Waals surface area contributed by atoms with Crippen molar-refractivity contribution >= 4 is 55.1 Å². The van der Waals surface area contributed by atoms with E-state index in [2.05, 4.69) is 57.2 Å². The van der Waals surface area contributed by atoms with Gasteiger partial charge in [0.1, 0.15) is 11.6 Å².